The van der Waals surface area contributed by atoms with Crippen LogP contribution in [0.4, 0.5) is 5.69 Å². The Balaban J connectivity index is 1.67. The van der Waals surface area contributed by atoms with E-state index in [0.29, 0.717) is 30.7 Å². The van der Waals surface area contributed by atoms with Gasteiger partial charge < -0.3 is 20.5 Å². The van der Waals surface area contributed by atoms with Crippen molar-refractivity contribution in [3.8, 4) is 5.75 Å². The molecule has 148 valence electrons. The largest absolute Gasteiger partial charge is 0.494 e. The molecule has 2 aromatic rings. The fourth-order valence-electron chi connectivity index (χ4n) is 2.47. The number of carbonyl (C=O) groups excluding carboxylic acids is 2. The van der Waals surface area contributed by atoms with Gasteiger partial charge in [0.05, 0.1) is 6.61 Å². The normalized spacial score (nSPS) is 10.2. The number of rotatable bonds is 10. The minimum Gasteiger partial charge on any atom is -0.494 e. The van der Waals surface area contributed by atoms with Crippen LogP contribution >= 0.6 is 0 Å². The Bertz CT molecular complexity index is 818. The Hall–Kier alpha value is -3.35. The molecular weight excluding hydrogens is 360 g/mol. The lowest BCUT2D eigenvalue weighted by Crippen LogP contribution is -2.29. The highest BCUT2D eigenvalue weighted by Crippen LogP contribution is 2.13. The highest BCUT2D eigenvalue weighted by molar-refractivity contribution is 5.97. The fraction of sp³-hybridized carbons (Fsp3) is 0.286. The van der Waals surface area contributed by atoms with Crippen LogP contribution in [0.5, 0.6) is 5.75 Å². The van der Waals surface area contributed by atoms with Crippen molar-refractivity contribution in [2.24, 2.45) is 0 Å². The molecular formula is C21H24N2O5. The minimum absolute atomic E-state index is 0.112. The van der Waals surface area contributed by atoms with E-state index in [9.17, 15) is 14.4 Å². The molecule has 0 aliphatic heterocycles. The van der Waals surface area contributed by atoms with Gasteiger partial charge in [-0.15, -0.1) is 0 Å². The van der Waals surface area contributed by atoms with Gasteiger partial charge in [-0.1, -0.05) is 12.1 Å². The van der Waals surface area contributed by atoms with Gasteiger partial charge in [0.1, 0.15) is 12.3 Å². The van der Waals surface area contributed by atoms with Gasteiger partial charge in [-0.3, -0.25) is 14.4 Å². The predicted octanol–water partition coefficient (Wildman–Crippen LogP) is 3.00. The monoisotopic (exact) mass is 384 g/mol. The molecule has 0 fully saturated rings. The SMILES string of the molecule is Cc1cccc(OCCCCC(=O)Nc2ccc(C(=O)NCC(=O)O)cc2)c1. The first-order valence-electron chi connectivity index (χ1n) is 9.03. The van der Waals surface area contributed by atoms with Crippen LogP contribution in [0.1, 0.15) is 35.2 Å². The molecule has 0 heterocycles. The summed E-state index contributed by atoms with van der Waals surface area (Å²) in [5.41, 5.74) is 2.05. The third kappa shape index (κ3) is 7.49. The van der Waals surface area contributed by atoms with E-state index in [0.717, 1.165) is 17.7 Å². The number of unbranched alkanes of at least 4 members (excludes halogenated alkanes) is 1. The summed E-state index contributed by atoms with van der Waals surface area (Å²) in [5, 5.41) is 13.6. The zero-order valence-electron chi connectivity index (χ0n) is 15.7. The van der Waals surface area contributed by atoms with E-state index in [2.05, 4.69) is 10.6 Å². The molecule has 0 aliphatic rings. The first-order valence-corrected chi connectivity index (χ1v) is 9.03. The molecule has 28 heavy (non-hydrogen) atoms. The lowest BCUT2D eigenvalue weighted by Gasteiger charge is -2.08. The summed E-state index contributed by atoms with van der Waals surface area (Å²) in [6.45, 7) is 2.12. The van der Waals surface area contributed by atoms with Gasteiger partial charge in [0.15, 0.2) is 0 Å². The molecule has 0 aromatic heterocycles. The number of ether oxygens (including phenoxy) is 1. The van der Waals surface area contributed by atoms with Crippen molar-refractivity contribution in [3.05, 3.63) is 59.7 Å². The van der Waals surface area contributed by atoms with Crippen LogP contribution in [-0.4, -0.2) is 36.0 Å². The number of nitrogens with one attached hydrogen (secondary N) is 2. The molecule has 7 nitrogen and oxygen atoms in total. The fourth-order valence-corrected chi connectivity index (χ4v) is 2.47. The number of aliphatic carboxylic acids is 1. The van der Waals surface area contributed by atoms with Crippen LogP contribution < -0.4 is 15.4 Å². The van der Waals surface area contributed by atoms with E-state index in [-0.39, 0.29) is 5.91 Å². The zero-order chi connectivity index (χ0) is 20.4. The molecule has 7 heteroatoms. The molecule has 3 N–H and O–H groups in total. The highest BCUT2D eigenvalue weighted by Gasteiger charge is 2.08. The summed E-state index contributed by atoms with van der Waals surface area (Å²) in [5.74, 6) is -0.869. The number of amides is 2. The maximum absolute atomic E-state index is 12.0. The molecule has 2 amide bonds. The van der Waals surface area contributed by atoms with Crippen molar-refractivity contribution in [1.82, 2.24) is 5.32 Å². The van der Waals surface area contributed by atoms with E-state index in [1.54, 1.807) is 12.1 Å². The highest BCUT2D eigenvalue weighted by atomic mass is 16.5. The number of carbonyl (C=O) groups is 3. The maximum Gasteiger partial charge on any atom is 0.322 e. The Kier molecular flexibility index (Phi) is 8.02. The van der Waals surface area contributed by atoms with E-state index in [1.165, 1.54) is 12.1 Å². The number of hydrogen-bond donors (Lipinski definition) is 3. The smallest absolute Gasteiger partial charge is 0.322 e. The van der Waals surface area contributed by atoms with Gasteiger partial charge in [0.25, 0.3) is 5.91 Å². The summed E-state index contributed by atoms with van der Waals surface area (Å²) >= 11 is 0. The molecule has 2 aromatic carbocycles. The van der Waals surface area contributed by atoms with Crippen LogP contribution in [0.25, 0.3) is 0 Å². The molecule has 0 saturated heterocycles. The number of benzene rings is 2. The Morgan fingerprint density at radius 2 is 1.79 bits per heavy atom. The molecule has 0 radical (unpaired) electrons. The summed E-state index contributed by atoms with van der Waals surface area (Å²) in [7, 11) is 0. The standard InChI is InChI=1S/C21H24N2O5/c1-15-5-4-6-18(13-15)28-12-3-2-7-19(24)23-17-10-8-16(9-11-17)21(27)22-14-20(25)26/h4-6,8-11,13H,2-3,7,12,14H2,1H3,(H,22,27)(H,23,24)(H,25,26). The predicted molar refractivity (Wildman–Crippen MR) is 106 cm³/mol. The van der Waals surface area contributed by atoms with Crippen LogP contribution in [0, 0.1) is 6.92 Å². The van der Waals surface area contributed by atoms with Crippen molar-refractivity contribution in [2.75, 3.05) is 18.5 Å². The van der Waals surface area contributed by atoms with Crippen LogP contribution in [0.2, 0.25) is 0 Å². The lowest BCUT2D eigenvalue weighted by molar-refractivity contribution is -0.135. The van der Waals surface area contributed by atoms with Crippen molar-refractivity contribution in [1.29, 1.82) is 0 Å². The average Bonchev–Trinajstić information content (AvgIpc) is 2.66. The summed E-state index contributed by atoms with van der Waals surface area (Å²) in [4.78, 5) is 34.2. The third-order valence-electron chi connectivity index (χ3n) is 3.89. The molecule has 2 rings (SSSR count). The maximum atomic E-state index is 12.0. The second kappa shape index (κ2) is 10.7. The molecule has 0 spiro atoms. The van der Waals surface area contributed by atoms with Crippen LogP contribution in [0.15, 0.2) is 48.5 Å². The quantitative estimate of drug-likeness (QED) is 0.546. The van der Waals surface area contributed by atoms with Crippen molar-refractivity contribution in [3.63, 3.8) is 0 Å². The second-order valence-corrected chi connectivity index (χ2v) is 6.32. The number of carboxylic acids is 1. The molecule has 0 saturated carbocycles. The first-order chi connectivity index (χ1) is 13.4. The summed E-state index contributed by atoms with van der Waals surface area (Å²) < 4.78 is 5.65. The van der Waals surface area contributed by atoms with Crippen LogP contribution in [0.3, 0.4) is 0 Å². The third-order valence-corrected chi connectivity index (χ3v) is 3.89. The van der Waals surface area contributed by atoms with E-state index >= 15 is 0 Å². The van der Waals surface area contributed by atoms with Crippen molar-refractivity contribution >= 4 is 23.5 Å². The molecule has 0 aliphatic carbocycles. The molecule has 0 unspecified atom stereocenters. The Morgan fingerprint density at radius 1 is 1.04 bits per heavy atom. The topological polar surface area (TPSA) is 105 Å². The second-order valence-electron chi connectivity index (χ2n) is 6.32. The zero-order valence-corrected chi connectivity index (χ0v) is 15.7. The van der Waals surface area contributed by atoms with E-state index in [4.69, 9.17) is 9.84 Å². The molecule has 0 atom stereocenters. The van der Waals surface area contributed by atoms with E-state index < -0.39 is 18.4 Å². The van der Waals surface area contributed by atoms with Crippen molar-refractivity contribution in [2.45, 2.75) is 26.2 Å². The summed E-state index contributed by atoms with van der Waals surface area (Å²) in [6.07, 6.45) is 1.84. The van der Waals surface area contributed by atoms with Gasteiger partial charge in [0, 0.05) is 17.7 Å². The Morgan fingerprint density at radius 3 is 2.46 bits per heavy atom. The minimum atomic E-state index is -1.11. The van der Waals surface area contributed by atoms with Gasteiger partial charge in [0.2, 0.25) is 5.91 Å². The van der Waals surface area contributed by atoms with Gasteiger partial charge in [-0.2, -0.15) is 0 Å². The van der Waals surface area contributed by atoms with Gasteiger partial charge in [-0.05, 0) is 61.7 Å². The first kappa shape index (κ1) is 21.0. The Labute approximate surface area is 163 Å². The van der Waals surface area contributed by atoms with Gasteiger partial charge in [-0.25, -0.2) is 0 Å². The number of anilines is 1. The molecule has 0 bridgehead atoms. The average molecular weight is 384 g/mol. The van der Waals surface area contributed by atoms with E-state index in [1.807, 2.05) is 31.2 Å². The van der Waals surface area contributed by atoms with Crippen molar-refractivity contribution < 1.29 is 24.2 Å². The van der Waals surface area contributed by atoms with Crippen LogP contribution in [-0.2, 0) is 9.59 Å². The number of hydrogen-bond acceptors (Lipinski definition) is 4. The number of aryl methyl sites for hydroxylation is 1. The number of carboxylic acid groups (broad SMARTS) is 1. The lowest BCUT2D eigenvalue weighted by atomic mass is 10.2. The summed E-state index contributed by atoms with van der Waals surface area (Å²) in [6, 6.07) is 14.1. The van der Waals surface area contributed by atoms with Gasteiger partial charge >= 0.3 is 5.97 Å².